The monoisotopic (exact) mass is 311 g/mol. The van der Waals surface area contributed by atoms with Gasteiger partial charge in [-0.3, -0.25) is 5.32 Å². The Labute approximate surface area is 133 Å². The van der Waals surface area contributed by atoms with Crippen molar-refractivity contribution in [1.29, 1.82) is 0 Å². The van der Waals surface area contributed by atoms with Crippen molar-refractivity contribution in [2.45, 2.75) is 12.5 Å². The van der Waals surface area contributed by atoms with Crippen molar-refractivity contribution in [1.82, 2.24) is 4.98 Å². The fourth-order valence-corrected chi connectivity index (χ4v) is 2.20. The number of anilines is 2. The van der Waals surface area contributed by atoms with Gasteiger partial charge in [0, 0.05) is 17.4 Å². The third-order valence-electron chi connectivity index (χ3n) is 3.45. The maximum absolute atomic E-state index is 12.0. The lowest BCUT2D eigenvalue weighted by Gasteiger charge is -2.29. The molecule has 1 atom stereocenters. The standard InChI is InChI=1S/C17H17N3O3/c1-17(11-21)8-7-12-10-13(5-6-14(12)23-17)19-16(22)20-15-4-2-3-9-18-15/h2-10,21H,11H2,1H3,(H2,18,19,20,22). The Balaban J connectivity index is 1.70. The van der Waals surface area contributed by atoms with E-state index in [1.54, 1.807) is 55.6 Å². The molecular formula is C17H17N3O3. The first-order valence-electron chi connectivity index (χ1n) is 7.20. The molecule has 0 saturated heterocycles. The largest absolute Gasteiger partial charge is 0.480 e. The molecule has 1 aliphatic rings. The van der Waals surface area contributed by atoms with E-state index in [0.717, 1.165) is 5.56 Å². The van der Waals surface area contributed by atoms with Crippen LogP contribution in [0.25, 0.3) is 6.08 Å². The second kappa shape index (κ2) is 6.10. The number of hydrogen-bond donors (Lipinski definition) is 3. The van der Waals surface area contributed by atoms with Crippen molar-refractivity contribution in [3.63, 3.8) is 0 Å². The van der Waals surface area contributed by atoms with Gasteiger partial charge in [-0.2, -0.15) is 0 Å². The van der Waals surface area contributed by atoms with Gasteiger partial charge in [0.1, 0.15) is 17.2 Å². The SMILES string of the molecule is CC1(CO)C=Cc2cc(NC(=O)Nc3ccccn3)ccc2O1. The Kier molecular flexibility index (Phi) is 3.99. The minimum absolute atomic E-state index is 0.102. The lowest BCUT2D eigenvalue weighted by molar-refractivity contribution is 0.0641. The highest BCUT2D eigenvalue weighted by molar-refractivity contribution is 5.99. The molecule has 1 unspecified atom stereocenters. The van der Waals surface area contributed by atoms with Crippen molar-refractivity contribution in [3.05, 3.63) is 54.2 Å². The highest BCUT2D eigenvalue weighted by Crippen LogP contribution is 2.32. The van der Waals surface area contributed by atoms with E-state index in [1.807, 2.05) is 6.08 Å². The van der Waals surface area contributed by atoms with Crippen molar-refractivity contribution in [2.75, 3.05) is 17.2 Å². The molecule has 6 heteroatoms. The average molecular weight is 311 g/mol. The summed E-state index contributed by atoms with van der Waals surface area (Å²) >= 11 is 0. The highest BCUT2D eigenvalue weighted by atomic mass is 16.5. The number of carbonyl (C=O) groups excluding carboxylic acids is 1. The molecule has 0 aliphatic carbocycles. The Morgan fingerprint density at radius 1 is 1.30 bits per heavy atom. The molecule has 1 aromatic heterocycles. The fourth-order valence-electron chi connectivity index (χ4n) is 2.20. The molecule has 0 spiro atoms. The molecule has 3 rings (SSSR count). The van der Waals surface area contributed by atoms with Gasteiger partial charge in [-0.05, 0) is 43.3 Å². The van der Waals surface area contributed by atoms with Crippen molar-refractivity contribution >= 4 is 23.6 Å². The Morgan fingerprint density at radius 2 is 2.17 bits per heavy atom. The first-order valence-corrected chi connectivity index (χ1v) is 7.20. The van der Waals surface area contributed by atoms with E-state index < -0.39 is 5.60 Å². The fraction of sp³-hybridized carbons (Fsp3) is 0.176. The second-order valence-electron chi connectivity index (χ2n) is 5.45. The number of aliphatic hydroxyl groups is 1. The van der Waals surface area contributed by atoms with Gasteiger partial charge >= 0.3 is 6.03 Å². The summed E-state index contributed by atoms with van der Waals surface area (Å²) in [5.41, 5.74) is 0.766. The van der Waals surface area contributed by atoms with E-state index in [4.69, 9.17) is 4.74 Å². The van der Waals surface area contributed by atoms with E-state index in [-0.39, 0.29) is 12.6 Å². The number of rotatable bonds is 3. The number of fused-ring (bicyclic) bond motifs is 1. The smallest absolute Gasteiger partial charge is 0.324 e. The first-order chi connectivity index (χ1) is 11.1. The minimum Gasteiger partial charge on any atom is -0.480 e. The molecule has 6 nitrogen and oxygen atoms in total. The number of carbonyl (C=O) groups is 1. The summed E-state index contributed by atoms with van der Waals surface area (Å²) < 4.78 is 5.75. The zero-order valence-corrected chi connectivity index (χ0v) is 12.6. The van der Waals surface area contributed by atoms with Crippen LogP contribution in [0.15, 0.2) is 48.7 Å². The van der Waals surface area contributed by atoms with Crippen LogP contribution in [-0.4, -0.2) is 28.3 Å². The van der Waals surface area contributed by atoms with E-state index in [9.17, 15) is 9.90 Å². The van der Waals surface area contributed by atoms with E-state index in [2.05, 4.69) is 15.6 Å². The zero-order valence-electron chi connectivity index (χ0n) is 12.6. The molecule has 118 valence electrons. The van der Waals surface area contributed by atoms with Crippen LogP contribution < -0.4 is 15.4 Å². The molecule has 2 amide bonds. The Morgan fingerprint density at radius 3 is 2.91 bits per heavy atom. The van der Waals surface area contributed by atoms with Gasteiger partial charge in [0.05, 0.1) is 6.61 Å². The summed E-state index contributed by atoms with van der Waals surface area (Å²) in [7, 11) is 0. The number of aliphatic hydroxyl groups excluding tert-OH is 1. The average Bonchev–Trinajstić information content (AvgIpc) is 2.56. The van der Waals surface area contributed by atoms with Crippen LogP contribution in [0.2, 0.25) is 0 Å². The van der Waals surface area contributed by atoms with Gasteiger partial charge in [-0.15, -0.1) is 0 Å². The first kappa shape index (κ1) is 15.1. The van der Waals surface area contributed by atoms with Crippen LogP contribution in [0.5, 0.6) is 5.75 Å². The molecule has 2 heterocycles. The number of hydrogen-bond acceptors (Lipinski definition) is 4. The van der Waals surface area contributed by atoms with Crippen LogP contribution >= 0.6 is 0 Å². The van der Waals surface area contributed by atoms with Gasteiger partial charge in [0.2, 0.25) is 0 Å². The van der Waals surface area contributed by atoms with Crippen molar-refractivity contribution in [3.8, 4) is 5.75 Å². The third-order valence-corrected chi connectivity index (χ3v) is 3.45. The molecule has 0 saturated carbocycles. The number of benzene rings is 1. The number of nitrogens with one attached hydrogen (secondary N) is 2. The van der Waals surface area contributed by atoms with Crippen molar-refractivity contribution < 1.29 is 14.6 Å². The highest BCUT2D eigenvalue weighted by Gasteiger charge is 2.26. The molecule has 1 aromatic carbocycles. The number of ether oxygens (including phenoxy) is 1. The van der Waals surface area contributed by atoms with E-state index in [0.29, 0.717) is 17.3 Å². The maximum Gasteiger partial charge on any atom is 0.324 e. The van der Waals surface area contributed by atoms with Crippen molar-refractivity contribution in [2.24, 2.45) is 0 Å². The number of urea groups is 1. The summed E-state index contributed by atoms with van der Waals surface area (Å²) in [5.74, 6) is 1.14. The van der Waals surface area contributed by atoms with Crippen LogP contribution in [0, 0.1) is 0 Å². The van der Waals surface area contributed by atoms with E-state index in [1.165, 1.54) is 0 Å². The second-order valence-corrected chi connectivity index (χ2v) is 5.45. The van der Waals surface area contributed by atoms with Crippen LogP contribution in [-0.2, 0) is 0 Å². The summed E-state index contributed by atoms with van der Waals surface area (Å²) in [5, 5.41) is 14.7. The van der Waals surface area contributed by atoms with Crippen LogP contribution in [0.1, 0.15) is 12.5 Å². The van der Waals surface area contributed by atoms with Gasteiger partial charge in [-0.25, -0.2) is 9.78 Å². The predicted octanol–water partition coefficient (Wildman–Crippen LogP) is 2.88. The molecule has 0 fully saturated rings. The number of pyridine rings is 1. The minimum atomic E-state index is -0.710. The summed E-state index contributed by atoms with van der Waals surface area (Å²) in [6.45, 7) is 1.70. The van der Waals surface area contributed by atoms with Crippen LogP contribution in [0.4, 0.5) is 16.3 Å². The zero-order chi connectivity index (χ0) is 16.3. The lowest BCUT2D eigenvalue weighted by atomic mass is 10.0. The van der Waals surface area contributed by atoms with Gasteiger partial charge in [0.15, 0.2) is 0 Å². The lowest BCUT2D eigenvalue weighted by Crippen LogP contribution is -2.35. The topological polar surface area (TPSA) is 83.5 Å². The quantitative estimate of drug-likeness (QED) is 0.814. The normalized spacial score (nSPS) is 18.7. The van der Waals surface area contributed by atoms with E-state index >= 15 is 0 Å². The molecule has 23 heavy (non-hydrogen) atoms. The van der Waals surface area contributed by atoms with Gasteiger partial charge < -0.3 is 15.2 Å². The van der Waals surface area contributed by atoms with Gasteiger partial charge in [-0.1, -0.05) is 12.1 Å². The molecule has 1 aliphatic heterocycles. The maximum atomic E-state index is 12.0. The molecule has 3 N–H and O–H groups in total. The molecule has 0 radical (unpaired) electrons. The Bertz CT molecular complexity index is 746. The van der Waals surface area contributed by atoms with Gasteiger partial charge in [0.25, 0.3) is 0 Å². The summed E-state index contributed by atoms with van der Waals surface area (Å²) in [6, 6.07) is 10.2. The molecular weight excluding hydrogens is 294 g/mol. The third kappa shape index (κ3) is 3.49. The molecule has 2 aromatic rings. The molecule has 0 bridgehead atoms. The Hall–Kier alpha value is -2.86. The summed E-state index contributed by atoms with van der Waals surface area (Å²) in [4.78, 5) is 16.0. The van der Waals surface area contributed by atoms with Crippen LogP contribution in [0.3, 0.4) is 0 Å². The number of amides is 2. The summed E-state index contributed by atoms with van der Waals surface area (Å²) in [6.07, 6.45) is 5.28. The number of aromatic nitrogens is 1. The predicted molar refractivity (Wildman–Crippen MR) is 88.5 cm³/mol. The number of nitrogens with zero attached hydrogens (tertiary/aromatic N) is 1.